The zero-order valence-corrected chi connectivity index (χ0v) is 20.2. The highest BCUT2D eigenvalue weighted by Gasteiger charge is 2.15. The van der Waals surface area contributed by atoms with Crippen LogP contribution in [0.5, 0.6) is 0 Å². The molecular weight excluding hydrogens is 474 g/mol. The van der Waals surface area contributed by atoms with Crippen LogP contribution in [-0.2, 0) is 21.8 Å². The quantitative estimate of drug-likeness (QED) is 0.423. The van der Waals surface area contributed by atoms with Crippen LogP contribution < -0.4 is 9.52 Å². The Kier molecular flexibility index (Phi) is 6.36. The number of rotatable bonds is 5. The summed E-state index contributed by atoms with van der Waals surface area (Å²) in [7, 11) is -0.713. The molecule has 0 atom stereocenters. The third-order valence-electron chi connectivity index (χ3n) is 5.12. The molecule has 1 amide bonds. The van der Waals surface area contributed by atoms with E-state index in [4.69, 9.17) is 4.74 Å². The van der Waals surface area contributed by atoms with Gasteiger partial charge in [-0.2, -0.15) is 4.99 Å². The highest BCUT2D eigenvalue weighted by molar-refractivity contribution is 7.92. The van der Waals surface area contributed by atoms with Crippen molar-refractivity contribution >= 4 is 49.1 Å². The molecule has 174 valence electrons. The van der Waals surface area contributed by atoms with E-state index in [0.29, 0.717) is 10.4 Å². The molecule has 0 radical (unpaired) electrons. The Morgan fingerprint density at radius 3 is 2.44 bits per heavy atom. The van der Waals surface area contributed by atoms with Gasteiger partial charge < -0.3 is 9.30 Å². The summed E-state index contributed by atoms with van der Waals surface area (Å²) in [6.45, 7) is 1.87. The first-order valence-corrected chi connectivity index (χ1v) is 12.4. The molecule has 3 aromatic carbocycles. The van der Waals surface area contributed by atoms with Gasteiger partial charge in [-0.25, -0.2) is 13.2 Å². The first kappa shape index (κ1) is 23.4. The second kappa shape index (κ2) is 9.24. The first-order valence-electron chi connectivity index (χ1n) is 10.1. The summed E-state index contributed by atoms with van der Waals surface area (Å²) in [4.78, 5) is 29.4. The maximum Gasteiger partial charge on any atom is 0.337 e. The molecule has 0 saturated heterocycles. The van der Waals surface area contributed by atoms with Gasteiger partial charge in [0.25, 0.3) is 15.9 Å². The van der Waals surface area contributed by atoms with Gasteiger partial charge >= 0.3 is 5.97 Å². The number of fused-ring (bicyclic) bond motifs is 1. The Morgan fingerprint density at radius 1 is 1.00 bits per heavy atom. The van der Waals surface area contributed by atoms with E-state index in [1.54, 1.807) is 60.1 Å². The van der Waals surface area contributed by atoms with Crippen molar-refractivity contribution in [2.24, 2.45) is 12.0 Å². The highest BCUT2D eigenvalue weighted by atomic mass is 32.2. The normalized spacial score (nSPS) is 12.0. The second-order valence-corrected chi connectivity index (χ2v) is 10.2. The van der Waals surface area contributed by atoms with Gasteiger partial charge in [0.15, 0.2) is 4.80 Å². The number of aromatic nitrogens is 1. The van der Waals surface area contributed by atoms with Crippen molar-refractivity contribution in [2.45, 2.75) is 11.8 Å². The van der Waals surface area contributed by atoms with Crippen LogP contribution in [0.3, 0.4) is 0 Å². The van der Waals surface area contributed by atoms with E-state index < -0.39 is 21.9 Å². The minimum atomic E-state index is -3.80. The van der Waals surface area contributed by atoms with Gasteiger partial charge in [-0.1, -0.05) is 35.1 Å². The third kappa shape index (κ3) is 4.78. The van der Waals surface area contributed by atoms with Crippen molar-refractivity contribution in [2.75, 3.05) is 11.8 Å². The number of anilines is 1. The van der Waals surface area contributed by atoms with E-state index in [0.717, 1.165) is 15.8 Å². The van der Waals surface area contributed by atoms with Crippen molar-refractivity contribution in [3.8, 4) is 0 Å². The molecule has 1 heterocycles. The lowest BCUT2D eigenvalue weighted by Crippen LogP contribution is -2.14. The van der Waals surface area contributed by atoms with E-state index in [1.807, 2.05) is 6.92 Å². The number of benzene rings is 3. The fourth-order valence-corrected chi connectivity index (χ4v) is 5.39. The third-order valence-corrected chi connectivity index (χ3v) is 7.61. The van der Waals surface area contributed by atoms with Gasteiger partial charge in [0, 0.05) is 18.3 Å². The molecule has 1 aromatic heterocycles. The fourth-order valence-electron chi connectivity index (χ4n) is 3.28. The minimum absolute atomic E-state index is 0.128. The molecule has 0 saturated carbocycles. The zero-order valence-electron chi connectivity index (χ0n) is 18.6. The number of thiazole rings is 1. The number of ether oxygens (including phenoxy) is 1. The lowest BCUT2D eigenvalue weighted by atomic mass is 10.2. The van der Waals surface area contributed by atoms with Gasteiger partial charge in [0.2, 0.25) is 0 Å². The number of aryl methyl sites for hydroxylation is 2. The summed E-state index contributed by atoms with van der Waals surface area (Å²) in [6.07, 6.45) is 0. The molecule has 4 aromatic rings. The molecular formula is C24H21N3O5S2. The smallest absolute Gasteiger partial charge is 0.337 e. The SMILES string of the molecule is COC(=O)c1ccc2c(c1)sc(=NC(=O)c1cccc(NS(=O)(=O)c3ccc(C)cc3)c1)n2C. The van der Waals surface area contributed by atoms with E-state index in [1.165, 1.54) is 36.6 Å². The molecule has 0 aliphatic carbocycles. The molecule has 0 aliphatic rings. The summed E-state index contributed by atoms with van der Waals surface area (Å²) in [5, 5.41) is 0. The number of sulfonamides is 1. The summed E-state index contributed by atoms with van der Waals surface area (Å²) in [5.74, 6) is -0.968. The van der Waals surface area contributed by atoms with Crippen LogP contribution >= 0.6 is 11.3 Å². The molecule has 0 aliphatic heterocycles. The highest BCUT2D eigenvalue weighted by Crippen LogP contribution is 2.20. The number of esters is 1. The molecule has 34 heavy (non-hydrogen) atoms. The number of amides is 1. The topological polar surface area (TPSA) is 107 Å². The summed E-state index contributed by atoms with van der Waals surface area (Å²) in [5.41, 5.74) is 2.65. The van der Waals surface area contributed by atoms with Crippen molar-refractivity contribution in [3.05, 3.63) is 88.2 Å². The van der Waals surface area contributed by atoms with Gasteiger partial charge in [-0.15, -0.1) is 0 Å². The van der Waals surface area contributed by atoms with Crippen LogP contribution in [0, 0.1) is 6.92 Å². The molecule has 8 nitrogen and oxygen atoms in total. The Hall–Kier alpha value is -3.76. The van der Waals surface area contributed by atoms with Crippen LogP contribution in [-0.4, -0.2) is 32.0 Å². The van der Waals surface area contributed by atoms with Gasteiger partial charge in [-0.3, -0.25) is 9.52 Å². The molecule has 0 fully saturated rings. The fraction of sp³-hybridized carbons (Fsp3) is 0.125. The Morgan fingerprint density at radius 2 is 1.74 bits per heavy atom. The lowest BCUT2D eigenvalue weighted by Gasteiger charge is -2.09. The largest absolute Gasteiger partial charge is 0.465 e. The average Bonchev–Trinajstić information content (AvgIpc) is 3.13. The van der Waals surface area contributed by atoms with Crippen LogP contribution in [0.2, 0.25) is 0 Å². The van der Waals surface area contributed by atoms with E-state index in [-0.39, 0.29) is 16.1 Å². The van der Waals surface area contributed by atoms with E-state index in [2.05, 4.69) is 9.71 Å². The lowest BCUT2D eigenvalue weighted by molar-refractivity contribution is 0.0600. The van der Waals surface area contributed by atoms with E-state index in [9.17, 15) is 18.0 Å². The monoisotopic (exact) mass is 495 g/mol. The van der Waals surface area contributed by atoms with Crippen LogP contribution in [0.1, 0.15) is 26.3 Å². The van der Waals surface area contributed by atoms with Gasteiger partial charge in [0.05, 0.1) is 27.8 Å². The number of carbonyl (C=O) groups excluding carboxylic acids is 2. The molecule has 4 rings (SSSR count). The average molecular weight is 496 g/mol. The molecule has 0 spiro atoms. The molecule has 1 N–H and O–H groups in total. The summed E-state index contributed by atoms with van der Waals surface area (Å²) < 4.78 is 35.1. The van der Waals surface area contributed by atoms with Gasteiger partial charge in [-0.05, 0) is 55.5 Å². The Bertz CT molecular complexity index is 1580. The van der Waals surface area contributed by atoms with Gasteiger partial charge in [0.1, 0.15) is 0 Å². The van der Waals surface area contributed by atoms with Crippen LogP contribution in [0.15, 0.2) is 76.6 Å². The van der Waals surface area contributed by atoms with Crippen LogP contribution in [0.25, 0.3) is 10.2 Å². The van der Waals surface area contributed by atoms with Crippen molar-refractivity contribution in [1.29, 1.82) is 0 Å². The predicted molar refractivity (Wildman–Crippen MR) is 130 cm³/mol. The maximum absolute atomic E-state index is 12.9. The Balaban J connectivity index is 1.63. The number of nitrogens with zero attached hydrogens (tertiary/aromatic N) is 2. The second-order valence-electron chi connectivity index (χ2n) is 7.53. The zero-order chi connectivity index (χ0) is 24.5. The number of nitrogens with one attached hydrogen (secondary N) is 1. The summed E-state index contributed by atoms with van der Waals surface area (Å²) in [6, 6.07) is 17.7. The number of hydrogen-bond donors (Lipinski definition) is 1. The van der Waals surface area contributed by atoms with Crippen molar-refractivity contribution < 1.29 is 22.7 Å². The summed E-state index contributed by atoms with van der Waals surface area (Å²) >= 11 is 1.26. The number of carbonyl (C=O) groups is 2. The maximum atomic E-state index is 12.9. The molecule has 0 bridgehead atoms. The Labute approximate surface area is 200 Å². The number of methoxy groups -OCH3 is 1. The van der Waals surface area contributed by atoms with Crippen molar-refractivity contribution in [1.82, 2.24) is 4.57 Å². The molecule has 0 unspecified atom stereocenters. The van der Waals surface area contributed by atoms with Crippen molar-refractivity contribution in [3.63, 3.8) is 0 Å². The predicted octanol–water partition coefficient (Wildman–Crippen LogP) is 3.88. The van der Waals surface area contributed by atoms with Crippen LogP contribution in [0.4, 0.5) is 5.69 Å². The number of hydrogen-bond acceptors (Lipinski definition) is 6. The first-order chi connectivity index (χ1) is 16.2. The van der Waals surface area contributed by atoms with E-state index >= 15 is 0 Å². The standard InChI is InChI=1S/C24H21N3O5S2/c1-15-7-10-19(11-8-15)34(30,31)26-18-6-4-5-16(13-18)22(28)25-24-27(2)20-12-9-17(23(29)32-3)14-21(20)33-24/h4-14,26H,1-3H3. The minimum Gasteiger partial charge on any atom is -0.465 e. The molecule has 10 heteroatoms.